The van der Waals surface area contributed by atoms with Gasteiger partial charge in [0.25, 0.3) is 0 Å². The number of hydrogen-bond acceptors (Lipinski definition) is 4. The first-order chi connectivity index (χ1) is 9.80. The zero-order valence-electron chi connectivity index (χ0n) is 12.2. The number of ether oxygens (including phenoxy) is 1. The zero-order valence-corrected chi connectivity index (χ0v) is 12.2. The fraction of sp³-hybridized carbons (Fsp3) is 0.438. The third kappa shape index (κ3) is 3.26. The van der Waals surface area contributed by atoms with Gasteiger partial charge in [0.15, 0.2) is 0 Å². The molecule has 2 aromatic rings. The Morgan fingerprint density at radius 3 is 2.75 bits per heavy atom. The molecule has 1 aromatic heterocycles. The molecule has 1 N–H and O–H groups in total. The van der Waals surface area contributed by atoms with Gasteiger partial charge >= 0.3 is 0 Å². The molecule has 1 heterocycles. The number of para-hydroxylation sites is 1. The largest absolute Gasteiger partial charge is 0.392 e. The van der Waals surface area contributed by atoms with E-state index in [0.717, 1.165) is 42.0 Å². The summed E-state index contributed by atoms with van der Waals surface area (Å²) in [4.78, 5) is 6.86. The lowest BCUT2D eigenvalue weighted by Crippen LogP contribution is -2.28. The van der Waals surface area contributed by atoms with Crippen molar-refractivity contribution in [1.82, 2.24) is 4.98 Å². The fourth-order valence-electron chi connectivity index (χ4n) is 2.28. The number of pyridine rings is 1. The lowest BCUT2D eigenvalue weighted by Gasteiger charge is -2.23. The number of likely N-dealkylation sites (N-methyl/N-ethyl adjacent to an activating group) is 1. The summed E-state index contributed by atoms with van der Waals surface area (Å²) < 4.78 is 5.41. The van der Waals surface area contributed by atoms with Gasteiger partial charge in [-0.25, -0.2) is 4.98 Å². The van der Waals surface area contributed by atoms with E-state index in [4.69, 9.17) is 9.72 Å². The van der Waals surface area contributed by atoms with E-state index in [9.17, 15) is 5.11 Å². The van der Waals surface area contributed by atoms with Gasteiger partial charge in [-0.1, -0.05) is 18.2 Å². The van der Waals surface area contributed by atoms with Crippen LogP contribution < -0.4 is 4.90 Å². The second kappa shape index (κ2) is 7.22. The van der Waals surface area contributed by atoms with E-state index in [1.807, 2.05) is 37.3 Å². The van der Waals surface area contributed by atoms with Gasteiger partial charge in [0.1, 0.15) is 5.82 Å². The summed E-state index contributed by atoms with van der Waals surface area (Å²) >= 11 is 0. The summed E-state index contributed by atoms with van der Waals surface area (Å²) in [5.74, 6) is 0.898. The minimum absolute atomic E-state index is 0.0268. The van der Waals surface area contributed by atoms with Crippen LogP contribution in [-0.4, -0.2) is 36.4 Å². The monoisotopic (exact) mass is 274 g/mol. The third-order valence-corrected chi connectivity index (χ3v) is 3.37. The second-order valence-electron chi connectivity index (χ2n) is 4.59. The topological polar surface area (TPSA) is 45.6 Å². The molecule has 0 saturated carbocycles. The summed E-state index contributed by atoms with van der Waals surface area (Å²) in [6.07, 6.45) is 0. The molecule has 0 aliphatic rings. The first kappa shape index (κ1) is 14.8. The standard InChI is InChI=1S/C16H22N2O2/c1-3-18(9-10-20-4-2)16-11-13(12-19)14-7-5-6-8-15(14)17-16/h5-8,11,19H,3-4,9-10,12H2,1-2H3. The number of fused-ring (bicyclic) bond motifs is 1. The van der Waals surface area contributed by atoms with E-state index < -0.39 is 0 Å². The molecule has 2 rings (SSSR count). The van der Waals surface area contributed by atoms with Gasteiger partial charge in [0.05, 0.1) is 18.7 Å². The van der Waals surface area contributed by atoms with Crippen LogP contribution in [0.2, 0.25) is 0 Å². The Morgan fingerprint density at radius 1 is 1.25 bits per heavy atom. The molecule has 1 aromatic carbocycles. The van der Waals surface area contributed by atoms with Crippen LogP contribution in [0.5, 0.6) is 0 Å². The molecule has 0 unspecified atom stereocenters. The summed E-state index contributed by atoms with van der Waals surface area (Å²) in [6, 6.07) is 9.88. The summed E-state index contributed by atoms with van der Waals surface area (Å²) in [6.45, 7) is 7.20. The van der Waals surface area contributed by atoms with Crippen molar-refractivity contribution >= 4 is 16.7 Å². The molecule has 0 radical (unpaired) electrons. The Hall–Kier alpha value is -1.65. The first-order valence-electron chi connectivity index (χ1n) is 7.12. The maximum atomic E-state index is 9.56. The average molecular weight is 274 g/mol. The van der Waals surface area contributed by atoms with Crippen molar-refractivity contribution in [1.29, 1.82) is 0 Å². The minimum Gasteiger partial charge on any atom is -0.392 e. The molecule has 0 amide bonds. The number of benzene rings is 1. The molecular formula is C16H22N2O2. The van der Waals surface area contributed by atoms with Crippen molar-refractivity contribution in [3.8, 4) is 0 Å². The van der Waals surface area contributed by atoms with Crippen molar-refractivity contribution in [3.05, 3.63) is 35.9 Å². The Labute approximate surface area is 120 Å². The van der Waals surface area contributed by atoms with Gasteiger partial charge in [-0.3, -0.25) is 0 Å². The molecule has 4 heteroatoms. The predicted octanol–water partition coefficient (Wildman–Crippen LogP) is 2.59. The summed E-state index contributed by atoms with van der Waals surface area (Å²) in [5.41, 5.74) is 1.84. The third-order valence-electron chi connectivity index (χ3n) is 3.37. The number of aliphatic hydroxyl groups is 1. The van der Waals surface area contributed by atoms with Crippen LogP contribution in [0.4, 0.5) is 5.82 Å². The van der Waals surface area contributed by atoms with Crippen LogP contribution in [0.15, 0.2) is 30.3 Å². The van der Waals surface area contributed by atoms with E-state index in [0.29, 0.717) is 6.61 Å². The Kier molecular flexibility index (Phi) is 5.32. The van der Waals surface area contributed by atoms with Crippen LogP contribution in [0.3, 0.4) is 0 Å². The zero-order chi connectivity index (χ0) is 14.4. The van der Waals surface area contributed by atoms with Gasteiger partial charge < -0.3 is 14.7 Å². The van der Waals surface area contributed by atoms with Crippen molar-refractivity contribution in [3.63, 3.8) is 0 Å². The van der Waals surface area contributed by atoms with E-state index >= 15 is 0 Å². The maximum absolute atomic E-state index is 9.56. The maximum Gasteiger partial charge on any atom is 0.129 e. The van der Waals surface area contributed by atoms with Crippen molar-refractivity contribution in [2.24, 2.45) is 0 Å². The highest BCUT2D eigenvalue weighted by Gasteiger charge is 2.10. The summed E-state index contributed by atoms with van der Waals surface area (Å²) in [7, 11) is 0. The number of anilines is 1. The van der Waals surface area contributed by atoms with Crippen molar-refractivity contribution in [2.45, 2.75) is 20.5 Å². The Bertz CT molecular complexity index is 557. The molecule has 0 aliphatic heterocycles. The van der Waals surface area contributed by atoms with Crippen LogP contribution in [0.1, 0.15) is 19.4 Å². The highest BCUT2D eigenvalue weighted by Crippen LogP contribution is 2.22. The molecule has 0 fully saturated rings. The summed E-state index contributed by atoms with van der Waals surface area (Å²) in [5, 5.41) is 10.6. The number of aliphatic hydroxyl groups excluding tert-OH is 1. The molecule has 0 atom stereocenters. The Morgan fingerprint density at radius 2 is 2.05 bits per heavy atom. The van der Waals surface area contributed by atoms with Gasteiger partial charge in [-0.2, -0.15) is 0 Å². The van der Waals surface area contributed by atoms with Crippen LogP contribution >= 0.6 is 0 Å². The SMILES string of the molecule is CCOCCN(CC)c1cc(CO)c2ccccc2n1. The molecule has 0 aliphatic carbocycles. The molecule has 0 bridgehead atoms. The van der Waals surface area contributed by atoms with E-state index in [1.165, 1.54) is 0 Å². The van der Waals surface area contributed by atoms with E-state index in [2.05, 4.69) is 11.8 Å². The molecule has 4 nitrogen and oxygen atoms in total. The Balaban J connectivity index is 2.32. The minimum atomic E-state index is 0.0268. The molecule has 20 heavy (non-hydrogen) atoms. The molecule has 108 valence electrons. The fourth-order valence-corrected chi connectivity index (χ4v) is 2.28. The highest BCUT2D eigenvalue weighted by molar-refractivity contribution is 5.84. The number of rotatable bonds is 7. The number of nitrogens with zero attached hydrogens (tertiary/aromatic N) is 2. The average Bonchev–Trinajstić information content (AvgIpc) is 2.50. The lowest BCUT2D eigenvalue weighted by atomic mass is 10.1. The van der Waals surface area contributed by atoms with E-state index in [1.54, 1.807) is 0 Å². The molecule has 0 spiro atoms. The quantitative estimate of drug-likeness (QED) is 0.788. The number of hydrogen-bond donors (Lipinski definition) is 1. The van der Waals surface area contributed by atoms with Gasteiger partial charge in [-0.15, -0.1) is 0 Å². The molecular weight excluding hydrogens is 252 g/mol. The van der Waals surface area contributed by atoms with Crippen LogP contribution in [-0.2, 0) is 11.3 Å². The van der Waals surface area contributed by atoms with Crippen molar-refractivity contribution in [2.75, 3.05) is 31.2 Å². The highest BCUT2D eigenvalue weighted by atomic mass is 16.5. The van der Waals surface area contributed by atoms with Crippen LogP contribution in [0.25, 0.3) is 10.9 Å². The van der Waals surface area contributed by atoms with Gasteiger partial charge in [0, 0.05) is 25.1 Å². The van der Waals surface area contributed by atoms with Gasteiger partial charge in [0.2, 0.25) is 0 Å². The van der Waals surface area contributed by atoms with Crippen LogP contribution in [0, 0.1) is 0 Å². The first-order valence-corrected chi connectivity index (χ1v) is 7.12. The van der Waals surface area contributed by atoms with E-state index in [-0.39, 0.29) is 6.61 Å². The van der Waals surface area contributed by atoms with Crippen molar-refractivity contribution < 1.29 is 9.84 Å². The molecule has 0 saturated heterocycles. The predicted molar refractivity (Wildman–Crippen MR) is 82.0 cm³/mol. The normalized spacial score (nSPS) is 10.9. The second-order valence-corrected chi connectivity index (χ2v) is 4.59. The lowest BCUT2D eigenvalue weighted by molar-refractivity contribution is 0.154. The number of aromatic nitrogens is 1. The smallest absolute Gasteiger partial charge is 0.129 e. The van der Waals surface area contributed by atoms with Gasteiger partial charge in [-0.05, 0) is 31.5 Å².